The molecule has 1 atom stereocenters. The highest BCUT2D eigenvalue weighted by molar-refractivity contribution is 5.90. The van der Waals surface area contributed by atoms with Crippen LogP contribution in [0.1, 0.15) is 19.0 Å². The monoisotopic (exact) mass is 382 g/mol. The lowest BCUT2D eigenvalue weighted by Crippen LogP contribution is -2.37. The summed E-state index contributed by atoms with van der Waals surface area (Å²) in [4.78, 5) is 24.9. The normalized spacial score (nSPS) is 19.9. The number of rotatable bonds is 3. The number of carbonyl (C=O) groups is 2. The average molecular weight is 382 g/mol. The maximum absolute atomic E-state index is 12.6. The molecule has 1 aromatic carbocycles. The molecule has 2 aromatic rings. The van der Waals surface area contributed by atoms with Gasteiger partial charge in [-0.3, -0.25) is 4.79 Å². The van der Waals surface area contributed by atoms with Crippen LogP contribution in [0.25, 0.3) is 5.69 Å². The molecule has 1 fully saturated rings. The number of halogens is 3. The molecular weight excluding hydrogens is 365 g/mol. The number of nitrogens with zero attached hydrogens (tertiary/aromatic N) is 3. The van der Waals surface area contributed by atoms with Gasteiger partial charge < -0.3 is 15.3 Å². The van der Waals surface area contributed by atoms with Crippen molar-refractivity contribution >= 4 is 17.7 Å². The minimum absolute atomic E-state index is 0.111. The van der Waals surface area contributed by atoms with Gasteiger partial charge in [0, 0.05) is 25.0 Å². The van der Waals surface area contributed by atoms with Gasteiger partial charge >= 0.3 is 18.2 Å². The van der Waals surface area contributed by atoms with Crippen molar-refractivity contribution in [2.24, 2.45) is 5.41 Å². The largest absolute Gasteiger partial charge is 0.481 e. The fourth-order valence-corrected chi connectivity index (χ4v) is 2.83. The summed E-state index contributed by atoms with van der Waals surface area (Å²) in [7, 11) is 0. The van der Waals surface area contributed by atoms with Crippen molar-refractivity contribution in [2.75, 3.05) is 18.4 Å². The number of carboxylic acids is 1. The predicted octanol–water partition coefficient (Wildman–Crippen LogP) is 3.22. The standard InChI is InChI=1S/C17H17F3N4O3/c1-16(14(25)26)7-9-23(10-16)15(27)21-11-2-4-12(5-3-11)24-8-6-13(22-24)17(18,19)20/h2-6,8H,7,9-10H2,1H3,(H,21,27)(H,25,26). The Kier molecular flexibility index (Phi) is 4.58. The summed E-state index contributed by atoms with van der Waals surface area (Å²) >= 11 is 0. The molecule has 3 rings (SSSR count). The van der Waals surface area contributed by atoms with Crippen LogP contribution < -0.4 is 5.32 Å². The Morgan fingerprint density at radius 2 is 1.89 bits per heavy atom. The Morgan fingerprint density at radius 3 is 2.41 bits per heavy atom. The molecule has 27 heavy (non-hydrogen) atoms. The number of hydrogen-bond acceptors (Lipinski definition) is 3. The molecule has 0 saturated carbocycles. The third-order valence-corrected chi connectivity index (χ3v) is 4.54. The van der Waals surface area contributed by atoms with Crippen LogP contribution in [0.4, 0.5) is 23.7 Å². The highest BCUT2D eigenvalue weighted by Gasteiger charge is 2.42. The van der Waals surface area contributed by atoms with Gasteiger partial charge in [-0.2, -0.15) is 18.3 Å². The van der Waals surface area contributed by atoms with Crippen LogP contribution in [0.15, 0.2) is 36.5 Å². The first kappa shape index (κ1) is 18.7. The number of aliphatic carboxylic acids is 1. The van der Waals surface area contributed by atoms with Crippen molar-refractivity contribution < 1.29 is 27.9 Å². The molecule has 144 valence electrons. The molecule has 0 aliphatic carbocycles. The SMILES string of the molecule is CC1(C(=O)O)CCN(C(=O)Nc2ccc(-n3ccc(C(F)(F)F)n3)cc2)C1. The van der Waals surface area contributed by atoms with Gasteiger partial charge in [0.15, 0.2) is 5.69 Å². The number of likely N-dealkylation sites (tertiary alicyclic amines) is 1. The second kappa shape index (κ2) is 6.60. The highest BCUT2D eigenvalue weighted by atomic mass is 19.4. The molecule has 7 nitrogen and oxygen atoms in total. The van der Waals surface area contributed by atoms with Gasteiger partial charge in [-0.25, -0.2) is 9.48 Å². The number of anilines is 1. The molecular formula is C17H17F3N4O3. The van der Waals surface area contributed by atoms with Crippen LogP contribution in [0, 0.1) is 5.41 Å². The van der Waals surface area contributed by atoms with Crippen LogP contribution in [0.2, 0.25) is 0 Å². The first-order valence-electron chi connectivity index (χ1n) is 8.11. The Hall–Kier alpha value is -3.04. The fraction of sp³-hybridized carbons (Fsp3) is 0.353. The van der Waals surface area contributed by atoms with Gasteiger partial charge in [-0.15, -0.1) is 0 Å². The van der Waals surface area contributed by atoms with Crippen LogP contribution in [0.5, 0.6) is 0 Å². The molecule has 0 radical (unpaired) electrons. The molecule has 2 amide bonds. The van der Waals surface area contributed by atoms with Gasteiger partial charge in [0.05, 0.1) is 11.1 Å². The second-order valence-corrected chi connectivity index (χ2v) is 6.66. The van der Waals surface area contributed by atoms with Crippen molar-refractivity contribution in [2.45, 2.75) is 19.5 Å². The van der Waals surface area contributed by atoms with Gasteiger partial charge in [0.2, 0.25) is 0 Å². The van der Waals surface area contributed by atoms with E-state index in [0.717, 1.165) is 10.7 Å². The third-order valence-electron chi connectivity index (χ3n) is 4.54. The summed E-state index contributed by atoms with van der Waals surface area (Å²) in [6, 6.07) is 6.57. The van der Waals surface area contributed by atoms with Gasteiger partial charge in [-0.05, 0) is 43.7 Å². The number of nitrogens with one attached hydrogen (secondary N) is 1. The lowest BCUT2D eigenvalue weighted by molar-refractivity contribution is -0.147. The number of hydrogen-bond donors (Lipinski definition) is 2. The topological polar surface area (TPSA) is 87.5 Å². The van der Waals surface area contributed by atoms with Gasteiger partial charge in [-0.1, -0.05) is 0 Å². The van der Waals surface area contributed by atoms with E-state index in [4.69, 9.17) is 0 Å². The smallest absolute Gasteiger partial charge is 0.435 e. The van der Waals surface area contributed by atoms with E-state index < -0.39 is 29.3 Å². The summed E-state index contributed by atoms with van der Waals surface area (Å²) in [5, 5.41) is 15.3. The molecule has 2 N–H and O–H groups in total. The molecule has 10 heteroatoms. The minimum atomic E-state index is -4.51. The quantitative estimate of drug-likeness (QED) is 0.853. The van der Waals surface area contributed by atoms with Crippen molar-refractivity contribution in [3.05, 3.63) is 42.2 Å². The fourth-order valence-electron chi connectivity index (χ4n) is 2.83. The summed E-state index contributed by atoms with van der Waals surface area (Å²) in [6.07, 6.45) is -2.94. The number of benzene rings is 1. The van der Waals surface area contributed by atoms with E-state index in [0.29, 0.717) is 24.3 Å². The molecule has 1 aromatic heterocycles. The first-order valence-corrected chi connectivity index (χ1v) is 8.11. The summed E-state index contributed by atoms with van der Waals surface area (Å²) in [5.74, 6) is -0.945. The van der Waals surface area contributed by atoms with Crippen molar-refractivity contribution in [1.29, 1.82) is 0 Å². The van der Waals surface area contributed by atoms with E-state index in [-0.39, 0.29) is 6.54 Å². The number of urea groups is 1. The Bertz CT molecular complexity index is 863. The zero-order valence-corrected chi connectivity index (χ0v) is 14.3. The Labute approximate surface area is 152 Å². The maximum Gasteiger partial charge on any atom is 0.435 e. The molecule has 1 aliphatic heterocycles. The maximum atomic E-state index is 12.6. The lowest BCUT2D eigenvalue weighted by Gasteiger charge is -2.20. The molecule has 1 saturated heterocycles. The minimum Gasteiger partial charge on any atom is -0.481 e. The Morgan fingerprint density at radius 1 is 1.22 bits per heavy atom. The third kappa shape index (κ3) is 3.88. The average Bonchev–Trinajstić information content (AvgIpc) is 3.23. The molecule has 0 bridgehead atoms. The van der Waals surface area contributed by atoms with E-state index in [1.165, 1.54) is 35.4 Å². The number of carbonyl (C=O) groups excluding carboxylic acids is 1. The molecule has 2 heterocycles. The van der Waals surface area contributed by atoms with Crippen molar-refractivity contribution in [1.82, 2.24) is 14.7 Å². The van der Waals surface area contributed by atoms with Crippen molar-refractivity contribution in [3.8, 4) is 5.69 Å². The summed E-state index contributed by atoms with van der Waals surface area (Å²) in [6.45, 7) is 2.04. The number of amides is 2. The van der Waals surface area contributed by atoms with E-state index >= 15 is 0 Å². The van der Waals surface area contributed by atoms with E-state index in [2.05, 4.69) is 10.4 Å². The number of aromatic nitrogens is 2. The van der Waals surface area contributed by atoms with Crippen LogP contribution in [-0.4, -0.2) is 44.9 Å². The van der Waals surface area contributed by atoms with Crippen molar-refractivity contribution in [3.63, 3.8) is 0 Å². The van der Waals surface area contributed by atoms with E-state index in [9.17, 15) is 27.9 Å². The van der Waals surface area contributed by atoms with Gasteiger partial charge in [0.25, 0.3) is 0 Å². The number of alkyl halides is 3. The van der Waals surface area contributed by atoms with Crippen LogP contribution in [-0.2, 0) is 11.0 Å². The Balaban J connectivity index is 1.65. The molecule has 1 unspecified atom stereocenters. The summed E-state index contributed by atoms with van der Waals surface area (Å²) in [5.41, 5.74) is -1.10. The molecule has 1 aliphatic rings. The predicted molar refractivity (Wildman–Crippen MR) is 89.5 cm³/mol. The zero-order chi connectivity index (χ0) is 19.8. The number of carboxylic acid groups (broad SMARTS) is 1. The van der Waals surface area contributed by atoms with Crippen LogP contribution >= 0.6 is 0 Å². The van der Waals surface area contributed by atoms with Gasteiger partial charge in [0.1, 0.15) is 0 Å². The molecule has 0 spiro atoms. The highest BCUT2D eigenvalue weighted by Crippen LogP contribution is 2.31. The zero-order valence-electron chi connectivity index (χ0n) is 14.3. The lowest BCUT2D eigenvalue weighted by atomic mass is 9.90. The van der Waals surface area contributed by atoms with Crippen LogP contribution in [0.3, 0.4) is 0 Å². The summed E-state index contributed by atoms with van der Waals surface area (Å²) < 4.78 is 38.9. The van der Waals surface area contributed by atoms with E-state index in [1.807, 2.05) is 0 Å². The van der Waals surface area contributed by atoms with E-state index in [1.54, 1.807) is 6.92 Å². The first-order chi connectivity index (χ1) is 12.6. The second-order valence-electron chi connectivity index (χ2n) is 6.66.